The summed E-state index contributed by atoms with van der Waals surface area (Å²) >= 11 is 1.88. The van der Waals surface area contributed by atoms with Crippen LogP contribution in [0.4, 0.5) is 10.1 Å². The van der Waals surface area contributed by atoms with Crippen molar-refractivity contribution in [3.05, 3.63) is 69.7 Å². The molecule has 5 heteroatoms. The van der Waals surface area contributed by atoms with Crippen LogP contribution in [0.25, 0.3) is 10.9 Å². The minimum atomic E-state index is -0.397. The summed E-state index contributed by atoms with van der Waals surface area (Å²) < 4.78 is 14.0. The molecule has 1 N–H and O–H groups in total. The zero-order valence-corrected chi connectivity index (χ0v) is 13.0. The summed E-state index contributed by atoms with van der Waals surface area (Å²) in [6.45, 7) is 0. The summed E-state index contributed by atoms with van der Waals surface area (Å²) in [5, 5.41) is 3.70. The second kappa shape index (κ2) is 5.77. The molecule has 104 valence electrons. The van der Waals surface area contributed by atoms with Gasteiger partial charge in [0.25, 0.3) is 5.91 Å². The van der Waals surface area contributed by atoms with Gasteiger partial charge in [-0.2, -0.15) is 0 Å². The SMILES string of the molecule is O=C(Nc1ccc2ncccc2c1)c1ccc(I)c(F)c1. The van der Waals surface area contributed by atoms with Gasteiger partial charge >= 0.3 is 0 Å². The second-order valence-corrected chi connectivity index (χ2v) is 5.66. The molecular weight excluding hydrogens is 382 g/mol. The summed E-state index contributed by atoms with van der Waals surface area (Å²) in [6.07, 6.45) is 1.72. The number of amides is 1. The summed E-state index contributed by atoms with van der Waals surface area (Å²) in [7, 11) is 0. The van der Waals surface area contributed by atoms with E-state index < -0.39 is 5.82 Å². The quantitative estimate of drug-likeness (QED) is 0.664. The maximum absolute atomic E-state index is 13.5. The molecule has 3 aromatic rings. The van der Waals surface area contributed by atoms with E-state index in [4.69, 9.17) is 0 Å². The van der Waals surface area contributed by atoms with Crippen LogP contribution >= 0.6 is 22.6 Å². The smallest absolute Gasteiger partial charge is 0.255 e. The van der Waals surface area contributed by atoms with E-state index in [1.807, 2.05) is 46.9 Å². The highest BCUT2D eigenvalue weighted by molar-refractivity contribution is 14.1. The van der Waals surface area contributed by atoms with Gasteiger partial charge in [-0.25, -0.2) is 4.39 Å². The standard InChI is InChI=1S/C16H10FIN2O/c17-13-9-11(3-5-14(13)18)16(21)20-12-4-6-15-10(8-12)2-1-7-19-15/h1-9H,(H,20,21). The molecule has 0 aliphatic carbocycles. The van der Waals surface area contributed by atoms with Gasteiger partial charge in [0.2, 0.25) is 0 Å². The first kappa shape index (κ1) is 13.9. The third kappa shape index (κ3) is 3.02. The van der Waals surface area contributed by atoms with Crippen LogP contribution in [-0.2, 0) is 0 Å². The Hall–Kier alpha value is -2.02. The van der Waals surface area contributed by atoms with Gasteiger partial charge in [-0.15, -0.1) is 0 Å². The normalized spacial score (nSPS) is 10.6. The largest absolute Gasteiger partial charge is 0.322 e. The Morgan fingerprint density at radius 2 is 2.00 bits per heavy atom. The first-order valence-electron chi connectivity index (χ1n) is 6.25. The van der Waals surface area contributed by atoms with Gasteiger partial charge in [0.1, 0.15) is 5.82 Å². The van der Waals surface area contributed by atoms with Gasteiger partial charge < -0.3 is 5.32 Å². The first-order chi connectivity index (χ1) is 10.1. The maximum Gasteiger partial charge on any atom is 0.255 e. The van der Waals surface area contributed by atoms with Crippen LogP contribution < -0.4 is 5.32 Å². The number of halogens is 2. The molecule has 0 aliphatic rings. The van der Waals surface area contributed by atoms with Gasteiger partial charge in [0.15, 0.2) is 0 Å². The monoisotopic (exact) mass is 392 g/mol. The van der Waals surface area contributed by atoms with E-state index in [-0.39, 0.29) is 5.91 Å². The number of carbonyl (C=O) groups is 1. The molecule has 0 fully saturated rings. The number of hydrogen-bond donors (Lipinski definition) is 1. The number of benzene rings is 2. The molecule has 0 radical (unpaired) electrons. The van der Waals surface area contributed by atoms with Crippen molar-refractivity contribution in [3.63, 3.8) is 0 Å². The van der Waals surface area contributed by atoms with E-state index in [9.17, 15) is 9.18 Å². The van der Waals surface area contributed by atoms with Gasteiger partial charge in [0.05, 0.1) is 5.52 Å². The third-order valence-corrected chi connectivity index (χ3v) is 3.92. The van der Waals surface area contributed by atoms with Crippen molar-refractivity contribution in [1.29, 1.82) is 0 Å². The van der Waals surface area contributed by atoms with E-state index in [2.05, 4.69) is 10.3 Å². The Balaban J connectivity index is 1.87. The highest BCUT2D eigenvalue weighted by atomic mass is 127. The molecule has 1 aromatic heterocycles. The van der Waals surface area contributed by atoms with Crippen LogP contribution in [0.3, 0.4) is 0 Å². The number of rotatable bonds is 2. The van der Waals surface area contributed by atoms with Crippen molar-refractivity contribution < 1.29 is 9.18 Å². The van der Waals surface area contributed by atoms with Crippen molar-refractivity contribution in [1.82, 2.24) is 4.98 Å². The van der Waals surface area contributed by atoms with E-state index in [1.165, 1.54) is 6.07 Å². The summed E-state index contributed by atoms with van der Waals surface area (Å²) in [5.41, 5.74) is 1.80. The third-order valence-electron chi connectivity index (χ3n) is 3.04. The fraction of sp³-hybridized carbons (Fsp3) is 0. The van der Waals surface area contributed by atoms with E-state index in [1.54, 1.807) is 24.4 Å². The van der Waals surface area contributed by atoms with Gasteiger partial charge in [-0.05, 0) is 65.1 Å². The number of hydrogen-bond acceptors (Lipinski definition) is 2. The predicted molar refractivity (Wildman–Crippen MR) is 88.8 cm³/mol. The Labute approximate surface area is 134 Å². The summed E-state index contributed by atoms with van der Waals surface area (Å²) in [5.74, 6) is -0.737. The molecule has 0 unspecified atom stereocenters. The zero-order chi connectivity index (χ0) is 14.8. The highest BCUT2D eigenvalue weighted by Crippen LogP contribution is 2.18. The van der Waals surface area contributed by atoms with Gasteiger partial charge in [-0.3, -0.25) is 9.78 Å². The number of anilines is 1. The number of aromatic nitrogens is 1. The molecule has 0 aliphatic heterocycles. The Kier molecular flexibility index (Phi) is 3.83. The van der Waals surface area contributed by atoms with Crippen LogP contribution in [0.15, 0.2) is 54.7 Å². The molecule has 3 nitrogen and oxygen atoms in total. The number of fused-ring (bicyclic) bond motifs is 1. The fourth-order valence-electron chi connectivity index (χ4n) is 1.99. The molecule has 1 amide bonds. The van der Waals surface area contributed by atoms with Crippen LogP contribution in [0.5, 0.6) is 0 Å². The second-order valence-electron chi connectivity index (χ2n) is 4.49. The molecule has 0 bridgehead atoms. The number of nitrogens with zero attached hydrogens (tertiary/aromatic N) is 1. The van der Waals surface area contributed by atoms with Gasteiger partial charge in [-0.1, -0.05) is 6.07 Å². The molecule has 21 heavy (non-hydrogen) atoms. The maximum atomic E-state index is 13.5. The lowest BCUT2D eigenvalue weighted by atomic mass is 10.1. The van der Waals surface area contributed by atoms with Crippen molar-refractivity contribution in [3.8, 4) is 0 Å². The van der Waals surface area contributed by atoms with Crippen molar-refractivity contribution >= 4 is 45.1 Å². The minimum Gasteiger partial charge on any atom is -0.322 e. The first-order valence-corrected chi connectivity index (χ1v) is 7.32. The number of pyridine rings is 1. The lowest BCUT2D eigenvalue weighted by molar-refractivity contribution is 0.102. The number of carbonyl (C=O) groups excluding carboxylic acids is 1. The molecule has 0 saturated carbocycles. The van der Waals surface area contributed by atoms with Crippen molar-refractivity contribution in [2.45, 2.75) is 0 Å². The highest BCUT2D eigenvalue weighted by Gasteiger charge is 2.09. The summed E-state index contributed by atoms with van der Waals surface area (Å²) in [6, 6.07) is 13.6. The van der Waals surface area contributed by atoms with Gasteiger partial charge in [0, 0.05) is 26.4 Å². The molecule has 0 spiro atoms. The van der Waals surface area contributed by atoms with Crippen molar-refractivity contribution in [2.24, 2.45) is 0 Å². The lowest BCUT2D eigenvalue weighted by Crippen LogP contribution is -2.12. The van der Waals surface area contributed by atoms with Crippen LogP contribution in [0.1, 0.15) is 10.4 Å². The minimum absolute atomic E-state index is 0.291. The van der Waals surface area contributed by atoms with Crippen LogP contribution in [-0.4, -0.2) is 10.9 Å². The average Bonchev–Trinajstić information content (AvgIpc) is 2.50. The number of nitrogens with one attached hydrogen (secondary N) is 1. The zero-order valence-electron chi connectivity index (χ0n) is 10.8. The van der Waals surface area contributed by atoms with Crippen LogP contribution in [0.2, 0.25) is 0 Å². The summed E-state index contributed by atoms with van der Waals surface area (Å²) in [4.78, 5) is 16.3. The Bertz CT molecular complexity index is 835. The van der Waals surface area contributed by atoms with Crippen molar-refractivity contribution in [2.75, 3.05) is 5.32 Å². The molecule has 2 aromatic carbocycles. The average molecular weight is 392 g/mol. The molecule has 3 rings (SSSR count). The van der Waals surface area contributed by atoms with Crippen LogP contribution in [0, 0.1) is 9.39 Å². The molecule has 1 heterocycles. The van der Waals surface area contributed by atoms with E-state index >= 15 is 0 Å². The molecular formula is C16H10FIN2O. The Morgan fingerprint density at radius 1 is 1.14 bits per heavy atom. The molecule has 0 atom stereocenters. The Morgan fingerprint density at radius 3 is 2.81 bits per heavy atom. The predicted octanol–water partition coefficient (Wildman–Crippen LogP) is 4.23. The molecule has 0 saturated heterocycles. The fourth-order valence-corrected chi connectivity index (χ4v) is 2.33. The lowest BCUT2D eigenvalue weighted by Gasteiger charge is -2.07. The van der Waals surface area contributed by atoms with E-state index in [0.29, 0.717) is 14.8 Å². The van der Waals surface area contributed by atoms with E-state index in [0.717, 1.165) is 10.9 Å². The topological polar surface area (TPSA) is 42.0 Å².